The molecule has 0 bridgehead atoms. The second-order valence-electron chi connectivity index (χ2n) is 5.77. The van der Waals surface area contributed by atoms with Gasteiger partial charge < -0.3 is 0 Å². The van der Waals surface area contributed by atoms with Gasteiger partial charge in [0.1, 0.15) is 0 Å². The van der Waals surface area contributed by atoms with E-state index in [0.29, 0.717) is 0 Å². The van der Waals surface area contributed by atoms with E-state index in [1.807, 2.05) is 0 Å². The Labute approximate surface area is 110 Å². The molecule has 0 aliphatic rings. The van der Waals surface area contributed by atoms with Crippen LogP contribution in [0.3, 0.4) is 0 Å². The topological polar surface area (TPSA) is 0 Å². The molecule has 0 aromatic heterocycles. The van der Waals surface area contributed by atoms with Gasteiger partial charge in [0.15, 0.2) is 0 Å². The van der Waals surface area contributed by atoms with Gasteiger partial charge in [-0.25, -0.2) is 0 Å². The van der Waals surface area contributed by atoms with Crippen LogP contribution in [0, 0.1) is 11.8 Å². The first-order valence-electron chi connectivity index (χ1n) is 7.21. The number of hydrogen-bond donors (Lipinski definition) is 0. The second-order valence-corrected chi connectivity index (χ2v) is 10.8. The summed E-state index contributed by atoms with van der Waals surface area (Å²) in [5.74, 6) is 6.82. The molecule has 0 aliphatic heterocycles. The Kier molecular flexibility index (Phi) is 9.27. The molecule has 0 heterocycles. The summed E-state index contributed by atoms with van der Waals surface area (Å²) < 4.78 is 0. The van der Waals surface area contributed by atoms with Crippen molar-refractivity contribution >= 4 is 8.07 Å². The molecule has 1 heteroatoms. The van der Waals surface area contributed by atoms with Crippen LogP contribution in [-0.2, 0) is 0 Å². The summed E-state index contributed by atoms with van der Waals surface area (Å²) >= 11 is 0. The number of unbranched alkanes of at least 4 members (excludes halogenated alkanes) is 5. The zero-order chi connectivity index (χ0) is 13.1. The summed E-state index contributed by atoms with van der Waals surface area (Å²) in [6.45, 7) is 11.7. The van der Waals surface area contributed by atoms with E-state index in [1.54, 1.807) is 0 Å². The molecule has 0 saturated heterocycles. The van der Waals surface area contributed by atoms with Gasteiger partial charge in [0.25, 0.3) is 0 Å². The van der Waals surface area contributed by atoms with Crippen molar-refractivity contribution in [1.29, 1.82) is 0 Å². The van der Waals surface area contributed by atoms with Gasteiger partial charge in [0.2, 0.25) is 0 Å². The smallest absolute Gasteiger partial charge is 0.0879 e. The highest BCUT2D eigenvalue weighted by Gasteiger charge is 2.17. The molecule has 0 nitrogen and oxygen atoms in total. The van der Waals surface area contributed by atoms with Gasteiger partial charge in [-0.1, -0.05) is 77.1 Å². The first-order valence-corrected chi connectivity index (χ1v) is 10.7. The van der Waals surface area contributed by atoms with Gasteiger partial charge in [-0.3, -0.25) is 0 Å². The van der Waals surface area contributed by atoms with Crippen molar-refractivity contribution in [3.05, 3.63) is 11.3 Å². The summed E-state index contributed by atoms with van der Waals surface area (Å²) in [5, 5.41) is 1.46. The van der Waals surface area contributed by atoms with Crippen molar-refractivity contribution in [1.82, 2.24) is 0 Å². The van der Waals surface area contributed by atoms with Gasteiger partial charge in [-0.2, -0.15) is 0 Å². The Bertz CT molecular complexity index is 270. The molecule has 98 valence electrons. The maximum absolute atomic E-state index is 3.45. The van der Waals surface area contributed by atoms with Gasteiger partial charge in [-0.15, -0.1) is 0 Å². The minimum absolute atomic E-state index is 1.07. The molecular formula is C16H30Si. The van der Waals surface area contributed by atoms with Crippen LogP contribution < -0.4 is 0 Å². The normalized spacial score (nSPS) is 12.2. The molecule has 17 heavy (non-hydrogen) atoms. The summed E-state index contributed by atoms with van der Waals surface area (Å²) in [6.07, 6.45) is 11.1. The van der Waals surface area contributed by atoms with E-state index in [9.17, 15) is 0 Å². The molecule has 0 atom stereocenters. The highest BCUT2D eigenvalue weighted by Crippen LogP contribution is 2.15. The predicted octanol–water partition coefficient (Wildman–Crippen LogP) is 5.56. The molecule has 0 unspecified atom stereocenters. The van der Waals surface area contributed by atoms with E-state index in [1.165, 1.54) is 43.7 Å². The number of allylic oxidation sites excluding steroid dienone is 2. The van der Waals surface area contributed by atoms with Crippen LogP contribution in [0.15, 0.2) is 11.3 Å². The summed E-state index contributed by atoms with van der Waals surface area (Å²) in [6, 6.07) is 0. The van der Waals surface area contributed by atoms with Gasteiger partial charge >= 0.3 is 0 Å². The molecule has 0 rings (SSSR count). The third-order valence-electron chi connectivity index (χ3n) is 2.84. The monoisotopic (exact) mass is 250 g/mol. The molecular weight excluding hydrogens is 220 g/mol. The summed E-state index contributed by atoms with van der Waals surface area (Å²) in [4.78, 5) is 0. The fraction of sp³-hybridized carbons (Fsp3) is 0.750. The van der Waals surface area contributed by atoms with E-state index in [-0.39, 0.29) is 0 Å². The zero-order valence-electron chi connectivity index (χ0n) is 12.5. The molecule has 0 spiro atoms. The number of rotatable bonds is 7. The molecule has 0 N–H and O–H groups in total. The molecule has 0 fully saturated rings. The molecule has 0 amide bonds. The van der Waals surface area contributed by atoms with Crippen molar-refractivity contribution < 1.29 is 0 Å². The SMILES string of the molecule is CCCC/C=C(/C#CCCCCC)[Si](C)(C)C. The average Bonchev–Trinajstić information content (AvgIpc) is 2.25. The largest absolute Gasteiger partial charge is 0.0987 e. The van der Waals surface area contributed by atoms with E-state index >= 15 is 0 Å². The summed E-state index contributed by atoms with van der Waals surface area (Å²) in [5.41, 5.74) is 0. The first-order chi connectivity index (χ1) is 8.02. The third-order valence-corrected chi connectivity index (χ3v) is 4.79. The van der Waals surface area contributed by atoms with Gasteiger partial charge in [0, 0.05) is 6.42 Å². The predicted molar refractivity (Wildman–Crippen MR) is 82.9 cm³/mol. The molecule has 0 aromatic carbocycles. The molecule has 0 aliphatic carbocycles. The van der Waals surface area contributed by atoms with Crippen molar-refractivity contribution in [2.75, 3.05) is 0 Å². The van der Waals surface area contributed by atoms with Crippen LogP contribution in [-0.4, -0.2) is 8.07 Å². The van der Waals surface area contributed by atoms with E-state index in [4.69, 9.17) is 0 Å². The van der Waals surface area contributed by atoms with Crippen LogP contribution >= 0.6 is 0 Å². The van der Waals surface area contributed by atoms with Crippen molar-refractivity contribution in [2.45, 2.75) is 78.4 Å². The fourth-order valence-corrected chi connectivity index (χ4v) is 2.84. The van der Waals surface area contributed by atoms with Crippen molar-refractivity contribution in [3.8, 4) is 11.8 Å². The van der Waals surface area contributed by atoms with E-state index < -0.39 is 8.07 Å². The lowest BCUT2D eigenvalue weighted by Crippen LogP contribution is -2.23. The third kappa shape index (κ3) is 9.24. The highest BCUT2D eigenvalue weighted by molar-refractivity contribution is 6.84. The van der Waals surface area contributed by atoms with E-state index in [2.05, 4.69) is 51.4 Å². The Morgan fingerprint density at radius 1 is 1.00 bits per heavy atom. The maximum Gasteiger partial charge on any atom is 0.0879 e. The summed E-state index contributed by atoms with van der Waals surface area (Å²) in [7, 11) is -1.22. The minimum Gasteiger partial charge on any atom is -0.0987 e. The average molecular weight is 251 g/mol. The lowest BCUT2D eigenvalue weighted by atomic mass is 10.2. The standard InChI is InChI=1S/C16H30Si/c1-6-8-10-11-13-15-16(17(3,4)5)14-12-9-7-2/h14H,6-12H2,1-5H3/b16-14-. The Morgan fingerprint density at radius 2 is 1.65 bits per heavy atom. The van der Waals surface area contributed by atoms with Crippen LogP contribution in [0.25, 0.3) is 0 Å². The lowest BCUT2D eigenvalue weighted by molar-refractivity contribution is 0.737. The molecule has 0 radical (unpaired) electrons. The molecule has 0 saturated carbocycles. The Hall–Kier alpha value is -0.483. The molecule has 0 aromatic rings. The van der Waals surface area contributed by atoms with Gasteiger partial charge in [0.05, 0.1) is 8.07 Å². The Morgan fingerprint density at radius 3 is 2.18 bits per heavy atom. The Balaban J connectivity index is 4.34. The van der Waals surface area contributed by atoms with Crippen molar-refractivity contribution in [2.24, 2.45) is 0 Å². The minimum atomic E-state index is -1.22. The van der Waals surface area contributed by atoms with Gasteiger partial charge in [-0.05, 0) is 18.0 Å². The maximum atomic E-state index is 3.45. The van der Waals surface area contributed by atoms with Crippen LogP contribution in [0.4, 0.5) is 0 Å². The van der Waals surface area contributed by atoms with Crippen LogP contribution in [0.5, 0.6) is 0 Å². The zero-order valence-corrected chi connectivity index (χ0v) is 13.5. The van der Waals surface area contributed by atoms with Crippen LogP contribution in [0.1, 0.15) is 58.8 Å². The number of hydrogen-bond acceptors (Lipinski definition) is 0. The fourth-order valence-electron chi connectivity index (χ4n) is 1.62. The second kappa shape index (κ2) is 9.54. The highest BCUT2D eigenvalue weighted by atomic mass is 28.3. The van der Waals surface area contributed by atoms with Crippen LogP contribution in [0.2, 0.25) is 19.6 Å². The first kappa shape index (κ1) is 16.5. The lowest BCUT2D eigenvalue weighted by Gasteiger charge is -2.15. The van der Waals surface area contributed by atoms with E-state index in [0.717, 1.165) is 6.42 Å². The quantitative estimate of drug-likeness (QED) is 0.315. The van der Waals surface area contributed by atoms with Crippen molar-refractivity contribution in [3.63, 3.8) is 0 Å².